The normalized spacial score (nSPS) is 14.5. The number of urea groups is 1. The van der Waals surface area contributed by atoms with Crippen LogP contribution in [0.2, 0.25) is 10.0 Å². The molecule has 0 aliphatic heterocycles. The van der Waals surface area contributed by atoms with E-state index in [0.29, 0.717) is 17.2 Å². The summed E-state index contributed by atoms with van der Waals surface area (Å²) in [4.78, 5) is 48.7. The molecule has 31 heavy (non-hydrogen) atoms. The summed E-state index contributed by atoms with van der Waals surface area (Å²) in [6, 6.07) is 2.85. The van der Waals surface area contributed by atoms with Crippen LogP contribution in [0.25, 0.3) is 0 Å². The number of hydrogen-bond donors (Lipinski definition) is 3. The van der Waals surface area contributed by atoms with Gasteiger partial charge < -0.3 is 15.4 Å². The first kappa shape index (κ1) is 25.3. The molecule has 2 rings (SSSR count). The smallest absolute Gasteiger partial charge is 0.329 e. The number of rotatable bonds is 9. The van der Waals surface area contributed by atoms with E-state index >= 15 is 0 Å². The zero-order valence-corrected chi connectivity index (χ0v) is 19.4. The number of thioether (sulfide) groups is 1. The van der Waals surface area contributed by atoms with Gasteiger partial charge in [0.15, 0.2) is 6.61 Å². The Kier molecular flexibility index (Phi) is 10.4. The SMILES string of the molecule is CSCC[C@@H](NC(=O)c1ccc(Cl)cc1Cl)C(=O)OCC(=O)NC(=O)NC1CCCC1. The maximum Gasteiger partial charge on any atom is 0.329 e. The molecule has 1 aromatic rings. The molecule has 0 spiro atoms. The van der Waals surface area contributed by atoms with Crippen LogP contribution in [0.3, 0.4) is 0 Å². The Bertz CT molecular complexity index is 818. The van der Waals surface area contributed by atoms with E-state index in [1.54, 1.807) is 0 Å². The molecular weight excluding hydrogens is 465 g/mol. The van der Waals surface area contributed by atoms with Gasteiger partial charge in [-0.05, 0) is 49.5 Å². The Morgan fingerprint density at radius 3 is 2.55 bits per heavy atom. The van der Waals surface area contributed by atoms with Crippen LogP contribution in [0.1, 0.15) is 42.5 Å². The fourth-order valence-corrected chi connectivity index (χ4v) is 4.05. The summed E-state index contributed by atoms with van der Waals surface area (Å²) >= 11 is 13.4. The number of carbonyl (C=O) groups is 4. The molecule has 1 aliphatic carbocycles. The lowest BCUT2D eigenvalue weighted by molar-refractivity contribution is -0.150. The van der Waals surface area contributed by atoms with E-state index in [0.717, 1.165) is 25.7 Å². The minimum Gasteiger partial charge on any atom is -0.454 e. The Labute approximate surface area is 195 Å². The highest BCUT2D eigenvalue weighted by molar-refractivity contribution is 7.98. The van der Waals surface area contributed by atoms with E-state index in [9.17, 15) is 19.2 Å². The lowest BCUT2D eigenvalue weighted by atomic mass is 10.1. The maximum absolute atomic E-state index is 12.5. The number of benzene rings is 1. The van der Waals surface area contributed by atoms with Crippen molar-refractivity contribution in [2.45, 2.75) is 44.2 Å². The van der Waals surface area contributed by atoms with E-state index in [1.165, 1.54) is 30.0 Å². The largest absolute Gasteiger partial charge is 0.454 e. The van der Waals surface area contributed by atoms with Gasteiger partial charge >= 0.3 is 12.0 Å². The highest BCUT2D eigenvalue weighted by atomic mass is 35.5. The van der Waals surface area contributed by atoms with Crippen molar-refractivity contribution in [2.24, 2.45) is 0 Å². The molecule has 3 N–H and O–H groups in total. The second kappa shape index (κ2) is 12.8. The number of carbonyl (C=O) groups excluding carboxylic acids is 4. The second-order valence-corrected chi connectivity index (χ2v) is 8.87. The summed E-state index contributed by atoms with van der Waals surface area (Å²) in [6.07, 6.45) is 6.00. The van der Waals surface area contributed by atoms with Crippen molar-refractivity contribution in [3.05, 3.63) is 33.8 Å². The van der Waals surface area contributed by atoms with Gasteiger partial charge in [-0.3, -0.25) is 14.9 Å². The van der Waals surface area contributed by atoms with Gasteiger partial charge in [0.05, 0.1) is 10.6 Å². The molecule has 1 aliphatic rings. The second-order valence-electron chi connectivity index (χ2n) is 7.04. The Morgan fingerprint density at radius 1 is 1.19 bits per heavy atom. The van der Waals surface area contributed by atoms with E-state index in [1.807, 2.05) is 6.26 Å². The quantitative estimate of drug-likeness (QED) is 0.459. The lowest BCUT2D eigenvalue weighted by Gasteiger charge is -2.18. The van der Waals surface area contributed by atoms with Crippen LogP contribution in [0.5, 0.6) is 0 Å². The molecule has 0 bridgehead atoms. The van der Waals surface area contributed by atoms with Crippen molar-refractivity contribution >= 4 is 58.8 Å². The summed E-state index contributed by atoms with van der Waals surface area (Å²) in [6.45, 7) is -0.635. The summed E-state index contributed by atoms with van der Waals surface area (Å²) in [5.41, 5.74) is 0.161. The van der Waals surface area contributed by atoms with Crippen LogP contribution in [0.15, 0.2) is 18.2 Å². The average Bonchev–Trinajstić information content (AvgIpc) is 3.21. The minimum absolute atomic E-state index is 0.0566. The van der Waals surface area contributed by atoms with E-state index in [2.05, 4.69) is 16.0 Å². The molecule has 1 aromatic carbocycles. The molecule has 0 aromatic heterocycles. The van der Waals surface area contributed by atoms with Crippen LogP contribution < -0.4 is 16.0 Å². The first-order valence-corrected chi connectivity index (χ1v) is 12.0. The molecule has 0 radical (unpaired) electrons. The minimum atomic E-state index is -0.980. The van der Waals surface area contributed by atoms with Crippen LogP contribution in [0, 0.1) is 0 Å². The molecule has 0 heterocycles. The number of ether oxygens (including phenoxy) is 1. The van der Waals surface area contributed by atoms with Crippen LogP contribution >= 0.6 is 35.0 Å². The number of imide groups is 1. The van der Waals surface area contributed by atoms with Gasteiger partial charge in [0, 0.05) is 11.1 Å². The van der Waals surface area contributed by atoms with Gasteiger partial charge in [-0.15, -0.1) is 0 Å². The molecule has 170 valence electrons. The number of nitrogens with one attached hydrogen (secondary N) is 3. The standard InChI is InChI=1S/C20H25Cl2N3O5S/c1-31-9-8-16(24-18(27)14-7-6-12(21)10-15(14)22)19(28)30-11-17(26)25-20(29)23-13-4-2-3-5-13/h6-7,10,13,16H,2-5,8-9,11H2,1H3,(H,24,27)(H2,23,25,26,29)/t16-/m1/s1. The number of hydrogen-bond acceptors (Lipinski definition) is 6. The Balaban J connectivity index is 1.87. The monoisotopic (exact) mass is 489 g/mol. The predicted octanol–water partition coefficient (Wildman–Crippen LogP) is 3.16. The maximum atomic E-state index is 12.5. The summed E-state index contributed by atoms with van der Waals surface area (Å²) < 4.78 is 5.01. The molecular formula is C20H25Cl2N3O5S. The molecule has 0 unspecified atom stereocenters. The zero-order valence-electron chi connectivity index (χ0n) is 17.0. The highest BCUT2D eigenvalue weighted by Gasteiger charge is 2.25. The summed E-state index contributed by atoms with van der Waals surface area (Å²) in [5, 5.41) is 7.95. The third kappa shape index (κ3) is 8.59. The van der Waals surface area contributed by atoms with Crippen molar-refractivity contribution in [1.29, 1.82) is 0 Å². The van der Waals surface area contributed by atoms with Crippen LogP contribution in [-0.2, 0) is 14.3 Å². The number of esters is 1. The lowest BCUT2D eigenvalue weighted by Crippen LogP contribution is -2.46. The topological polar surface area (TPSA) is 114 Å². The summed E-state index contributed by atoms with van der Waals surface area (Å²) in [7, 11) is 0. The first-order chi connectivity index (χ1) is 14.8. The van der Waals surface area contributed by atoms with Crippen molar-refractivity contribution in [2.75, 3.05) is 18.6 Å². The van der Waals surface area contributed by atoms with Crippen LogP contribution in [-0.4, -0.2) is 54.5 Å². The van der Waals surface area contributed by atoms with E-state index < -0.39 is 36.5 Å². The number of amides is 4. The van der Waals surface area contributed by atoms with Gasteiger partial charge in [0.1, 0.15) is 6.04 Å². The third-order valence-corrected chi connectivity index (χ3v) is 5.86. The zero-order chi connectivity index (χ0) is 22.8. The Hall–Kier alpha value is -1.97. The van der Waals surface area contributed by atoms with Crippen molar-refractivity contribution in [3.63, 3.8) is 0 Å². The average molecular weight is 490 g/mol. The van der Waals surface area contributed by atoms with Crippen molar-refractivity contribution < 1.29 is 23.9 Å². The van der Waals surface area contributed by atoms with Gasteiger partial charge in [-0.25, -0.2) is 9.59 Å². The van der Waals surface area contributed by atoms with Crippen molar-refractivity contribution in [1.82, 2.24) is 16.0 Å². The molecule has 1 fully saturated rings. The predicted molar refractivity (Wildman–Crippen MR) is 121 cm³/mol. The molecule has 4 amide bonds. The molecule has 11 heteroatoms. The fourth-order valence-electron chi connectivity index (χ4n) is 3.09. The molecule has 8 nitrogen and oxygen atoms in total. The van der Waals surface area contributed by atoms with Gasteiger partial charge in [0.2, 0.25) is 0 Å². The van der Waals surface area contributed by atoms with Crippen LogP contribution in [0.4, 0.5) is 4.79 Å². The number of halogens is 2. The van der Waals surface area contributed by atoms with Gasteiger partial charge in [0.25, 0.3) is 11.8 Å². The highest BCUT2D eigenvalue weighted by Crippen LogP contribution is 2.21. The molecule has 1 saturated carbocycles. The van der Waals surface area contributed by atoms with Gasteiger partial charge in [-0.1, -0.05) is 36.0 Å². The fraction of sp³-hybridized carbons (Fsp3) is 0.500. The summed E-state index contributed by atoms with van der Waals surface area (Å²) in [5.74, 6) is -1.52. The van der Waals surface area contributed by atoms with E-state index in [4.69, 9.17) is 27.9 Å². The van der Waals surface area contributed by atoms with Gasteiger partial charge in [-0.2, -0.15) is 11.8 Å². The molecule has 0 saturated heterocycles. The Morgan fingerprint density at radius 2 is 1.90 bits per heavy atom. The first-order valence-electron chi connectivity index (χ1n) is 9.82. The van der Waals surface area contributed by atoms with Crippen molar-refractivity contribution in [3.8, 4) is 0 Å². The van der Waals surface area contributed by atoms with E-state index in [-0.39, 0.29) is 16.6 Å². The third-order valence-electron chi connectivity index (χ3n) is 4.67. The molecule has 1 atom stereocenters.